The third kappa shape index (κ3) is 2.46. The van der Waals surface area contributed by atoms with Gasteiger partial charge in [-0.15, -0.1) is 0 Å². The van der Waals surface area contributed by atoms with Crippen LogP contribution in [0.4, 0.5) is 16.2 Å². The lowest BCUT2D eigenvalue weighted by Gasteiger charge is -2.20. The highest BCUT2D eigenvalue weighted by atomic mass is 16.3. The molecule has 0 fully saturated rings. The van der Waals surface area contributed by atoms with Crippen LogP contribution in [-0.4, -0.2) is 24.3 Å². The number of benzene rings is 2. The van der Waals surface area contributed by atoms with Gasteiger partial charge in [-0.05, 0) is 36.6 Å². The number of nitrogens with one attached hydrogen (secondary N) is 1. The topological polar surface area (TPSA) is 52.6 Å². The van der Waals surface area contributed by atoms with Crippen LogP contribution in [0.1, 0.15) is 22.6 Å². The highest BCUT2D eigenvalue weighted by molar-refractivity contribution is 6.04. The number of aliphatic hydroxyl groups excluding tert-OH is 1. The van der Waals surface area contributed by atoms with Gasteiger partial charge in [0.1, 0.15) is 0 Å². The number of nitrogens with zero attached hydrogens (tertiary/aromatic N) is 1. The van der Waals surface area contributed by atoms with Crippen LogP contribution in [0.3, 0.4) is 0 Å². The Kier molecular flexibility index (Phi) is 3.86. The van der Waals surface area contributed by atoms with Crippen LogP contribution in [-0.2, 0) is 0 Å². The number of hydrogen-bond donors (Lipinski definition) is 2. The summed E-state index contributed by atoms with van der Waals surface area (Å²) in [6, 6.07) is 13.5. The first-order chi connectivity index (χ1) is 10.6. The van der Waals surface area contributed by atoms with Gasteiger partial charge < -0.3 is 10.4 Å². The summed E-state index contributed by atoms with van der Waals surface area (Å²) in [6.07, 6.45) is 0. The fourth-order valence-corrected chi connectivity index (χ4v) is 3.03. The quantitative estimate of drug-likeness (QED) is 0.892. The highest BCUT2D eigenvalue weighted by Crippen LogP contribution is 2.36. The summed E-state index contributed by atoms with van der Waals surface area (Å²) in [4.78, 5) is 14.4. The maximum atomic E-state index is 12.7. The maximum Gasteiger partial charge on any atom is 0.326 e. The largest absolute Gasteiger partial charge is 0.396 e. The Hall–Kier alpha value is -2.33. The third-order valence-electron chi connectivity index (χ3n) is 4.25. The van der Waals surface area contributed by atoms with Gasteiger partial charge in [0.15, 0.2) is 0 Å². The van der Waals surface area contributed by atoms with E-state index in [0.717, 1.165) is 28.1 Å². The number of carbonyl (C=O) groups excluding carboxylic acids is 1. The molecule has 0 aliphatic carbocycles. The monoisotopic (exact) mass is 296 g/mol. The number of hydrogen-bond acceptors (Lipinski definition) is 2. The standard InChI is InChI=1S/C18H20N2O2/c1-12-6-5-7-13(2)17(12)19-18(22)20-10-14(11-21)15-8-3-4-9-16(15)20/h3-9,14,21H,10-11H2,1-2H3,(H,19,22)/t14-/m1/s1. The molecule has 0 aromatic heterocycles. The number of amides is 2. The van der Waals surface area contributed by atoms with E-state index in [-0.39, 0.29) is 18.6 Å². The lowest BCUT2D eigenvalue weighted by Crippen LogP contribution is -2.34. The molecule has 114 valence electrons. The molecular weight excluding hydrogens is 276 g/mol. The van der Waals surface area contributed by atoms with Crippen LogP contribution >= 0.6 is 0 Å². The average Bonchev–Trinajstić information content (AvgIpc) is 2.90. The normalized spacial score (nSPS) is 16.5. The van der Waals surface area contributed by atoms with Crippen molar-refractivity contribution < 1.29 is 9.90 Å². The molecule has 3 rings (SSSR count). The fourth-order valence-electron chi connectivity index (χ4n) is 3.03. The van der Waals surface area contributed by atoms with Gasteiger partial charge >= 0.3 is 6.03 Å². The summed E-state index contributed by atoms with van der Waals surface area (Å²) < 4.78 is 0. The van der Waals surface area contributed by atoms with Gasteiger partial charge in [-0.2, -0.15) is 0 Å². The Morgan fingerprint density at radius 2 is 1.86 bits per heavy atom. The molecule has 0 saturated heterocycles. The fraction of sp³-hybridized carbons (Fsp3) is 0.278. The zero-order chi connectivity index (χ0) is 15.7. The first-order valence-electron chi connectivity index (χ1n) is 7.46. The molecule has 2 aromatic carbocycles. The Labute approximate surface area is 130 Å². The van der Waals surface area contributed by atoms with Crippen LogP contribution in [0.15, 0.2) is 42.5 Å². The van der Waals surface area contributed by atoms with Crippen LogP contribution < -0.4 is 10.2 Å². The number of rotatable bonds is 2. The van der Waals surface area contributed by atoms with Crippen LogP contribution in [0.5, 0.6) is 0 Å². The van der Waals surface area contributed by atoms with Crippen LogP contribution in [0.25, 0.3) is 0 Å². The van der Waals surface area contributed by atoms with Crippen molar-refractivity contribution in [1.29, 1.82) is 0 Å². The van der Waals surface area contributed by atoms with E-state index in [9.17, 15) is 9.90 Å². The van der Waals surface area contributed by atoms with Gasteiger partial charge in [-0.1, -0.05) is 36.4 Å². The van der Waals surface area contributed by atoms with Gasteiger partial charge in [0.05, 0.1) is 6.61 Å². The predicted octanol–water partition coefficient (Wildman–Crippen LogP) is 3.43. The minimum Gasteiger partial charge on any atom is -0.396 e. The van der Waals surface area contributed by atoms with Gasteiger partial charge in [-0.3, -0.25) is 4.90 Å². The van der Waals surface area contributed by atoms with E-state index in [0.29, 0.717) is 6.54 Å². The van der Waals surface area contributed by atoms with Crippen molar-refractivity contribution in [2.45, 2.75) is 19.8 Å². The minimum absolute atomic E-state index is 0.0140. The lowest BCUT2D eigenvalue weighted by atomic mass is 10.0. The van der Waals surface area contributed by atoms with Crippen molar-refractivity contribution in [3.8, 4) is 0 Å². The molecular formula is C18H20N2O2. The van der Waals surface area contributed by atoms with E-state index in [1.807, 2.05) is 56.3 Å². The Bertz CT molecular complexity index is 692. The van der Waals surface area contributed by atoms with E-state index in [2.05, 4.69) is 5.32 Å². The second kappa shape index (κ2) is 5.81. The molecule has 0 spiro atoms. The molecule has 2 aromatic rings. The molecule has 2 N–H and O–H groups in total. The van der Waals surface area contributed by atoms with Gasteiger partial charge in [0.25, 0.3) is 0 Å². The Morgan fingerprint density at radius 3 is 2.55 bits per heavy atom. The minimum atomic E-state index is -0.152. The predicted molar refractivity (Wildman–Crippen MR) is 88.5 cm³/mol. The number of aliphatic hydroxyl groups is 1. The van der Waals surface area contributed by atoms with E-state index in [1.165, 1.54) is 0 Å². The van der Waals surface area contributed by atoms with Crippen molar-refractivity contribution in [3.05, 3.63) is 59.2 Å². The zero-order valence-corrected chi connectivity index (χ0v) is 12.8. The molecule has 2 amide bonds. The van der Waals surface area contributed by atoms with Crippen molar-refractivity contribution in [3.63, 3.8) is 0 Å². The van der Waals surface area contributed by atoms with E-state index >= 15 is 0 Å². The summed E-state index contributed by atoms with van der Waals surface area (Å²) in [6.45, 7) is 4.52. The lowest BCUT2D eigenvalue weighted by molar-refractivity contribution is 0.253. The molecule has 4 nitrogen and oxygen atoms in total. The van der Waals surface area contributed by atoms with E-state index < -0.39 is 0 Å². The molecule has 1 heterocycles. The molecule has 0 saturated carbocycles. The van der Waals surface area contributed by atoms with Gasteiger partial charge in [-0.25, -0.2) is 4.79 Å². The molecule has 1 aliphatic heterocycles. The first kappa shape index (κ1) is 14.6. The second-order valence-corrected chi connectivity index (χ2v) is 5.75. The number of carbonyl (C=O) groups is 1. The Balaban J connectivity index is 1.88. The van der Waals surface area contributed by atoms with E-state index in [1.54, 1.807) is 4.90 Å². The first-order valence-corrected chi connectivity index (χ1v) is 7.46. The second-order valence-electron chi connectivity index (χ2n) is 5.75. The van der Waals surface area contributed by atoms with Crippen molar-refractivity contribution in [2.24, 2.45) is 0 Å². The summed E-state index contributed by atoms with van der Waals surface area (Å²) in [5.41, 5.74) is 4.85. The molecule has 4 heteroatoms. The maximum absolute atomic E-state index is 12.7. The summed E-state index contributed by atoms with van der Waals surface area (Å²) in [5, 5.41) is 12.5. The number of aryl methyl sites for hydroxylation is 2. The number of fused-ring (bicyclic) bond motifs is 1. The van der Waals surface area contributed by atoms with Gasteiger partial charge in [0.2, 0.25) is 0 Å². The van der Waals surface area contributed by atoms with Gasteiger partial charge in [0, 0.05) is 23.8 Å². The van der Waals surface area contributed by atoms with Crippen LogP contribution in [0, 0.1) is 13.8 Å². The molecule has 0 bridgehead atoms. The summed E-state index contributed by atoms with van der Waals surface area (Å²) in [7, 11) is 0. The molecule has 1 aliphatic rings. The number of para-hydroxylation sites is 2. The molecule has 22 heavy (non-hydrogen) atoms. The molecule has 0 unspecified atom stereocenters. The van der Waals surface area contributed by atoms with Crippen LogP contribution in [0.2, 0.25) is 0 Å². The molecule has 1 atom stereocenters. The zero-order valence-electron chi connectivity index (χ0n) is 12.8. The molecule has 0 radical (unpaired) electrons. The van der Waals surface area contributed by atoms with Crippen molar-refractivity contribution in [2.75, 3.05) is 23.4 Å². The summed E-state index contributed by atoms with van der Waals surface area (Å²) >= 11 is 0. The number of anilines is 2. The third-order valence-corrected chi connectivity index (χ3v) is 4.25. The number of urea groups is 1. The summed E-state index contributed by atoms with van der Waals surface area (Å²) in [5.74, 6) is -0.0140. The van der Waals surface area contributed by atoms with Crippen molar-refractivity contribution >= 4 is 17.4 Å². The Morgan fingerprint density at radius 1 is 1.18 bits per heavy atom. The average molecular weight is 296 g/mol. The SMILES string of the molecule is Cc1cccc(C)c1NC(=O)N1C[C@H](CO)c2ccccc21. The van der Waals surface area contributed by atoms with Crippen molar-refractivity contribution in [1.82, 2.24) is 0 Å². The van der Waals surface area contributed by atoms with E-state index in [4.69, 9.17) is 0 Å². The smallest absolute Gasteiger partial charge is 0.326 e. The highest BCUT2D eigenvalue weighted by Gasteiger charge is 2.31.